The predicted molar refractivity (Wildman–Crippen MR) is 117 cm³/mol. The molecule has 0 bridgehead atoms. The van der Waals surface area contributed by atoms with Gasteiger partial charge in [0.1, 0.15) is 12.4 Å². The number of nitrogens with one attached hydrogen (secondary N) is 2. The number of guanidine groups is 1. The highest BCUT2D eigenvalue weighted by atomic mass is 16.5. The summed E-state index contributed by atoms with van der Waals surface area (Å²) in [6, 6.07) is 18.5. The molecule has 6 heteroatoms. The molecule has 6 nitrogen and oxygen atoms in total. The van der Waals surface area contributed by atoms with Gasteiger partial charge in [-0.2, -0.15) is 0 Å². The molecule has 29 heavy (non-hydrogen) atoms. The van der Waals surface area contributed by atoms with Gasteiger partial charge in [-0.1, -0.05) is 42.5 Å². The fraction of sp³-hybridized carbons (Fsp3) is 0.435. The van der Waals surface area contributed by atoms with Crippen LogP contribution in [-0.4, -0.2) is 56.9 Å². The molecule has 1 aliphatic heterocycles. The van der Waals surface area contributed by atoms with Gasteiger partial charge in [0.15, 0.2) is 5.96 Å². The summed E-state index contributed by atoms with van der Waals surface area (Å²) in [5, 5.41) is 6.63. The van der Waals surface area contributed by atoms with Crippen LogP contribution in [0.5, 0.6) is 5.75 Å². The zero-order valence-corrected chi connectivity index (χ0v) is 17.3. The molecule has 0 aromatic heterocycles. The maximum Gasteiger partial charge on any atom is 0.191 e. The molecular formula is C23H32N4O2. The second-order valence-corrected chi connectivity index (χ2v) is 6.99. The first-order valence-corrected chi connectivity index (χ1v) is 10.4. The minimum Gasteiger partial charge on any atom is -0.492 e. The highest BCUT2D eigenvalue weighted by molar-refractivity contribution is 5.79. The van der Waals surface area contributed by atoms with E-state index in [1.807, 2.05) is 30.3 Å². The van der Waals surface area contributed by atoms with Crippen LogP contribution in [0, 0.1) is 0 Å². The van der Waals surface area contributed by atoms with E-state index in [2.05, 4.69) is 46.7 Å². The van der Waals surface area contributed by atoms with Crippen molar-refractivity contribution in [2.45, 2.75) is 20.0 Å². The zero-order chi connectivity index (χ0) is 20.2. The van der Waals surface area contributed by atoms with Crippen molar-refractivity contribution in [1.29, 1.82) is 0 Å². The van der Waals surface area contributed by atoms with Crippen molar-refractivity contribution in [2.75, 3.05) is 46.0 Å². The number of morpholine rings is 1. The van der Waals surface area contributed by atoms with Crippen molar-refractivity contribution in [3.05, 3.63) is 65.7 Å². The van der Waals surface area contributed by atoms with E-state index < -0.39 is 0 Å². The van der Waals surface area contributed by atoms with Gasteiger partial charge in [0.05, 0.1) is 26.3 Å². The Morgan fingerprint density at radius 2 is 1.83 bits per heavy atom. The fourth-order valence-corrected chi connectivity index (χ4v) is 3.21. The Kier molecular flexibility index (Phi) is 8.82. The molecule has 1 aliphatic rings. The number of hydrogen-bond donors (Lipinski definition) is 2. The molecule has 0 aliphatic carbocycles. The lowest BCUT2D eigenvalue weighted by molar-refractivity contribution is 0.0342. The van der Waals surface area contributed by atoms with Gasteiger partial charge in [0, 0.05) is 26.2 Å². The molecule has 0 atom stereocenters. The Morgan fingerprint density at radius 1 is 1.03 bits per heavy atom. The Morgan fingerprint density at radius 3 is 2.62 bits per heavy atom. The third kappa shape index (κ3) is 7.75. The topological polar surface area (TPSA) is 58.1 Å². The van der Waals surface area contributed by atoms with Crippen LogP contribution in [-0.2, 0) is 17.8 Å². The number of benzene rings is 2. The van der Waals surface area contributed by atoms with Crippen LogP contribution in [0.3, 0.4) is 0 Å². The van der Waals surface area contributed by atoms with Gasteiger partial charge in [0.25, 0.3) is 0 Å². The molecule has 2 N–H and O–H groups in total. The number of rotatable bonds is 9. The van der Waals surface area contributed by atoms with Gasteiger partial charge < -0.3 is 20.1 Å². The number of aliphatic imine (C=N–C) groups is 1. The zero-order valence-electron chi connectivity index (χ0n) is 17.3. The second-order valence-electron chi connectivity index (χ2n) is 6.99. The van der Waals surface area contributed by atoms with Crippen molar-refractivity contribution in [1.82, 2.24) is 15.5 Å². The van der Waals surface area contributed by atoms with E-state index in [0.29, 0.717) is 19.7 Å². The Labute approximate surface area is 173 Å². The molecule has 0 unspecified atom stereocenters. The minimum atomic E-state index is 0.587. The van der Waals surface area contributed by atoms with Crippen molar-refractivity contribution < 1.29 is 9.47 Å². The quantitative estimate of drug-likeness (QED) is 0.388. The van der Waals surface area contributed by atoms with E-state index in [0.717, 1.165) is 51.1 Å². The van der Waals surface area contributed by atoms with E-state index >= 15 is 0 Å². The lowest BCUT2D eigenvalue weighted by Gasteiger charge is -2.26. The van der Waals surface area contributed by atoms with Crippen molar-refractivity contribution >= 4 is 5.96 Å². The first kappa shape index (κ1) is 21.1. The van der Waals surface area contributed by atoms with Gasteiger partial charge in [-0.25, -0.2) is 4.99 Å². The van der Waals surface area contributed by atoms with Gasteiger partial charge in [-0.15, -0.1) is 0 Å². The normalized spacial score (nSPS) is 15.1. The van der Waals surface area contributed by atoms with E-state index in [1.165, 1.54) is 11.1 Å². The van der Waals surface area contributed by atoms with Crippen LogP contribution in [0.2, 0.25) is 0 Å². The molecule has 0 radical (unpaired) electrons. The summed E-state index contributed by atoms with van der Waals surface area (Å²) in [5.74, 6) is 1.69. The highest BCUT2D eigenvalue weighted by Crippen LogP contribution is 2.11. The Balaban J connectivity index is 1.47. The molecule has 0 spiro atoms. The third-order valence-electron chi connectivity index (χ3n) is 4.67. The fourth-order valence-electron chi connectivity index (χ4n) is 3.21. The first-order valence-electron chi connectivity index (χ1n) is 10.4. The minimum absolute atomic E-state index is 0.587. The molecule has 3 rings (SSSR count). The van der Waals surface area contributed by atoms with Crippen LogP contribution in [0.25, 0.3) is 0 Å². The molecule has 1 saturated heterocycles. The van der Waals surface area contributed by atoms with Crippen molar-refractivity contribution in [2.24, 2.45) is 4.99 Å². The van der Waals surface area contributed by atoms with E-state index in [1.54, 1.807) is 0 Å². The van der Waals surface area contributed by atoms with Crippen LogP contribution in [0.4, 0.5) is 0 Å². The number of ether oxygens (including phenoxy) is 2. The summed E-state index contributed by atoms with van der Waals surface area (Å²) in [5.41, 5.74) is 2.54. The molecule has 1 fully saturated rings. The summed E-state index contributed by atoms with van der Waals surface area (Å²) in [6.07, 6.45) is 0. The number of para-hydroxylation sites is 1. The van der Waals surface area contributed by atoms with Crippen molar-refractivity contribution in [3.8, 4) is 5.75 Å². The monoisotopic (exact) mass is 396 g/mol. The highest BCUT2D eigenvalue weighted by Gasteiger charge is 2.10. The summed E-state index contributed by atoms with van der Waals surface area (Å²) in [4.78, 5) is 7.16. The standard InChI is InChI=1S/C23H32N4O2/c1-2-24-23(25-11-14-29-22-9-4-3-5-10-22)26-18-20-7-6-8-21(17-20)19-27-12-15-28-16-13-27/h3-10,17H,2,11-16,18-19H2,1H3,(H2,24,25,26). The maximum absolute atomic E-state index is 5.73. The number of hydrogen-bond acceptors (Lipinski definition) is 4. The van der Waals surface area contributed by atoms with Crippen LogP contribution in [0.15, 0.2) is 59.6 Å². The molecular weight excluding hydrogens is 364 g/mol. The van der Waals surface area contributed by atoms with Crippen molar-refractivity contribution in [3.63, 3.8) is 0 Å². The lowest BCUT2D eigenvalue weighted by Crippen LogP contribution is -2.39. The molecule has 2 aromatic rings. The van der Waals surface area contributed by atoms with Gasteiger partial charge >= 0.3 is 0 Å². The van der Waals surface area contributed by atoms with Crippen LogP contribution < -0.4 is 15.4 Å². The van der Waals surface area contributed by atoms with Crippen LogP contribution in [0.1, 0.15) is 18.1 Å². The average molecular weight is 397 g/mol. The summed E-state index contributed by atoms with van der Waals surface area (Å²) < 4.78 is 11.2. The number of nitrogens with zero attached hydrogens (tertiary/aromatic N) is 2. The molecule has 0 amide bonds. The van der Waals surface area contributed by atoms with E-state index in [4.69, 9.17) is 14.5 Å². The molecule has 2 aromatic carbocycles. The van der Waals surface area contributed by atoms with E-state index in [9.17, 15) is 0 Å². The predicted octanol–water partition coefficient (Wildman–Crippen LogP) is 2.65. The first-order chi connectivity index (χ1) is 14.3. The SMILES string of the molecule is CCNC(=NCc1cccc(CN2CCOCC2)c1)NCCOc1ccccc1. The van der Waals surface area contributed by atoms with E-state index in [-0.39, 0.29) is 0 Å². The Bertz CT molecular complexity index is 746. The summed E-state index contributed by atoms with van der Waals surface area (Å²) in [7, 11) is 0. The van der Waals surface area contributed by atoms with Gasteiger partial charge in [-0.05, 0) is 30.2 Å². The smallest absolute Gasteiger partial charge is 0.191 e. The largest absolute Gasteiger partial charge is 0.492 e. The third-order valence-corrected chi connectivity index (χ3v) is 4.67. The lowest BCUT2D eigenvalue weighted by atomic mass is 10.1. The second kappa shape index (κ2) is 12.1. The maximum atomic E-state index is 5.73. The van der Waals surface area contributed by atoms with Crippen LogP contribution >= 0.6 is 0 Å². The summed E-state index contributed by atoms with van der Waals surface area (Å²) >= 11 is 0. The molecule has 1 heterocycles. The average Bonchev–Trinajstić information content (AvgIpc) is 2.77. The molecule has 0 saturated carbocycles. The van der Waals surface area contributed by atoms with Gasteiger partial charge in [-0.3, -0.25) is 4.90 Å². The molecule has 156 valence electrons. The Hall–Kier alpha value is -2.57. The summed E-state index contributed by atoms with van der Waals surface area (Å²) in [6.45, 7) is 9.45. The van der Waals surface area contributed by atoms with Gasteiger partial charge in [0.2, 0.25) is 0 Å².